The van der Waals surface area contributed by atoms with E-state index in [2.05, 4.69) is 23.6 Å². The fourth-order valence-electron chi connectivity index (χ4n) is 3.11. The lowest BCUT2D eigenvalue weighted by atomic mass is 10.1. The Balaban J connectivity index is 1.80. The Morgan fingerprint density at radius 3 is 2.69 bits per heavy atom. The normalized spacial score (nSPS) is 34.7. The molecule has 0 aromatic rings. The summed E-state index contributed by atoms with van der Waals surface area (Å²) in [6.07, 6.45) is 3.95. The van der Waals surface area contributed by atoms with Crippen molar-refractivity contribution in [3.63, 3.8) is 0 Å². The van der Waals surface area contributed by atoms with Crippen molar-refractivity contribution in [1.29, 1.82) is 0 Å². The molecule has 0 aromatic heterocycles. The first-order valence-corrected chi connectivity index (χ1v) is 6.92. The molecule has 2 aliphatic rings. The standard InChI is InChI=1S/C13H27N3/c1-3-11(2)15-7-5-13(10-15)16-6-4-12(8-14)9-16/h11-13H,3-10,14H2,1-2H3. The molecule has 0 bridgehead atoms. The maximum atomic E-state index is 5.75. The van der Waals surface area contributed by atoms with Crippen molar-refractivity contribution in [2.45, 2.75) is 45.2 Å². The summed E-state index contributed by atoms with van der Waals surface area (Å²) >= 11 is 0. The van der Waals surface area contributed by atoms with Crippen LogP contribution in [-0.4, -0.2) is 54.6 Å². The minimum absolute atomic E-state index is 0.762. The van der Waals surface area contributed by atoms with Gasteiger partial charge in [0.1, 0.15) is 0 Å². The van der Waals surface area contributed by atoms with Crippen molar-refractivity contribution in [2.24, 2.45) is 11.7 Å². The van der Waals surface area contributed by atoms with Gasteiger partial charge in [-0.3, -0.25) is 9.80 Å². The van der Waals surface area contributed by atoms with E-state index < -0.39 is 0 Å². The predicted molar refractivity (Wildman–Crippen MR) is 68.5 cm³/mol. The highest BCUT2D eigenvalue weighted by Gasteiger charge is 2.33. The summed E-state index contributed by atoms with van der Waals surface area (Å²) in [5, 5.41) is 0. The van der Waals surface area contributed by atoms with E-state index in [0.717, 1.165) is 24.5 Å². The first-order chi connectivity index (χ1) is 7.74. The van der Waals surface area contributed by atoms with E-state index in [1.165, 1.54) is 45.4 Å². The molecule has 0 saturated carbocycles. The van der Waals surface area contributed by atoms with E-state index in [-0.39, 0.29) is 0 Å². The zero-order valence-electron chi connectivity index (χ0n) is 10.9. The number of hydrogen-bond acceptors (Lipinski definition) is 3. The van der Waals surface area contributed by atoms with Crippen LogP contribution in [-0.2, 0) is 0 Å². The van der Waals surface area contributed by atoms with Gasteiger partial charge < -0.3 is 5.73 Å². The summed E-state index contributed by atoms with van der Waals surface area (Å²) < 4.78 is 0. The lowest BCUT2D eigenvalue weighted by molar-refractivity contribution is 0.200. The number of nitrogens with two attached hydrogens (primary N) is 1. The van der Waals surface area contributed by atoms with Gasteiger partial charge in [0.05, 0.1) is 0 Å². The van der Waals surface area contributed by atoms with Gasteiger partial charge in [0.25, 0.3) is 0 Å². The SMILES string of the molecule is CCC(C)N1CCC(N2CCC(CN)C2)C1. The van der Waals surface area contributed by atoms with Gasteiger partial charge in [-0.25, -0.2) is 0 Å². The van der Waals surface area contributed by atoms with Crippen LogP contribution in [0.1, 0.15) is 33.1 Å². The van der Waals surface area contributed by atoms with Gasteiger partial charge in [-0.1, -0.05) is 6.92 Å². The maximum Gasteiger partial charge on any atom is 0.0235 e. The largest absolute Gasteiger partial charge is 0.330 e. The minimum Gasteiger partial charge on any atom is -0.330 e. The molecule has 0 aromatic carbocycles. The Morgan fingerprint density at radius 2 is 2.06 bits per heavy atom. The van der Waals surface area contributed by atoms with Crippen molar-refractivity contribution in [3.8, 4) is 0 Å². The Kier molecular flexibility index (Phi) is 4.22. The summed E-state index contributed by atoms with van der Waals surface area (Å²) in [5.74, 6) is 0.762. The zero-order valence-corrected chi connectivity index (χ0v) is 10.9. The molecular weight excluding hydrogens is 198 g/mol. The highest BCUT2D eigenvalue weighted by molar-refractivity contribution is 4.89. The van der Waals surface area contributed by atoms with Crippen LogP contribution in [0.4, 0.5) is 0 Å². The van der Waals surface area contributed by atoms with E-state index in [9.17, 15) is 0 Å². The first kappa shape index (κ1) is 12.3. The summed E-state index contributed by atoms with van der Waals surface area (Å²) in [5.41, 5.74) is 5.75. The molecule has 16 heavy (non-hydrogen) atoms. The quantitative estimate of drug-likeness (QED) is 0.779. The van der Waals surface area contributed by atoms with E-state index in [1.807, 2.05) is 0 Å². The van der Waals surface area contributed by atoms with Gasteiger partial charge in [-0.2, -0.15) is 0 Å². The van der Waals surface area contributed by atoms with Crippen LogP contribution in [0.5, 0.6) is 0 Å². The minimum atomic E-state index is 0.762. The second-order valence-corrected chi connectivity index (χ2v) is 5.58. The molecule has 0 amide bonds. The van der Waals surface area contributed by atoms with Crippen LogP contribution in [0.2, 0.25) is 0 Å². The van der Waals surface area contributed by atoms with Crippen LogP contribution >= 0.6 is 0 Å². The predicted octanol–water partition coefficient (Wildman–Crippen LogP) is 1.14. The van der Waals surface area contributed by atoms with E-state index in [0.29, 0.717) is 0 Å². The van der Waals surface area contributed by atoms with Crippen LogP contribution in [0.3, 0.4) is 0 Å². The first-order valence-electron chi connectivity index (χ1n) is 6.92. The number of rotatable bonds is 4. The van der Waals surface area contributed by atoms with Gasteiger partial charge in [-0.05, 0) is 45.2 Å². The lowest BCUT2D eigenvalue weighted by Gasteiger charge is -2.26. The molecule has 3 atom stereocenters. The van der Waals surface area contributed by atoms with Crippen molar-refractivity contribution in [1.82, 2.24) is 9.80 Å². The monoisotopic (exact) mass is 225 g/mol. The third-order valence-electron chi connectivity index (χ3n) is 4.58. The summed E-state index contributed by atoms with van der Waals surface area (Å²) in [6, 6.07) is 1.57. The Bertz CT molecular complexity index is 219. The molecule has 94 valence electrons. The lowest BCUT2D eigenvalue weighted by Crippen LogP contribution is -2.38. The number of hydrogen-bond donors (Lipinski definition) is 1. The average molecular weight is 225 g/mol. The van der Waals surface area contributed by atoms with Crippen LogP contribution in [0, 0.1) is 5.92 Å². The summed E-state index contributed by atoms with van der Waals surface area (Å²) in [4.78, 5) is 5.33. The molecule has 0 aliphatic carbocycles. The third-order valence-corrected chi connectivity index (χ3v) is 4.58. The number of nitrogens with zero attached hydrogens (tertiary/aromatic N) is 2. The Labute approximate surface area is 100.0 Å². The molecule has 2 aliphatic heterocycles. The number of likely N-dealkylation sites (tertiary alicyclic amines) is 2. The maximum absolute atomic E-state index is 5.75. The van der Waals surface area contributed by atoms with Crippen molar-refractivity contribution in [2.75, 3.05) is 32.7 Å². The Morgan fingerprint density at radius 1 is 1.25 bits per heavy atom. The fraction of sp³-hybridized carbons (Fsp3) is 1.00. The molecule has 2 rings (SSSR count). The van der Waals surface area contributed by atoms with Gasteiger partial charge in [0, 0.05) is 31.7 Å². The van der Waals surface area contributed by atoms with Crippen LogP contribution < -0.4 is 5.73 Å². The fourth-order valence-corrected chi connectivity index (χ4v) is 3.11. The molecule has 2 fully saturated rings. The second kappa shape index (κ2) is 5.48. The highest BCUT2D eigenvalue weighted by Crippen LogP contribution is 2.24. The molecule has 0 spiro atoms. The van der Waals surface area contributed by atoms with Crippen LogP contribution in [0.15, 0.2) is 0 Å². The average Bonchev–Trinajstić information content (AvgIpc) is 2.95. The van der Waals surface area contributed by atoms with Gasteiger partial charge in [0.15, 0.2) is 0 Å². The molecular formula is C13H27N3. The molecule has 3 nitrogen and oxygen atoms in total. The van der Waals surface area contributed by atoms with Gasteiger partial charge in [0.2, 0.25) is 0 Å². The molecule has 3 heteroatoms. The van der Waals surface area contributed by atoms with E-state index in [1.54, 1.807) is 0 Å². The summed E-state index contributed by atoms with van der Waals surface area (Å²) in [6.45, 7) is 10.6. The topological polar surface area (TPSA) is 32.5 Å². The highest BCUT2D eigenvalue weighted by atomic mass is 15.3. The molecule has 2 saturated heterocycles. The molecule has 2 N–H and O–H groups in total. The molecule has 3 unspecified atom stereocenters. The zero-order chi connectivity index (χ0) is 11.5. The van der Waals surface area contributed by atoms with Crippen molar-refractivity contribution < 1.29 is 0 Å². The van der Waals surface area contributed by atoms with Gasteiger partial charge in [-0.15, -0.1) is 0 Å². The second-order valence-electron chi connectivity index (χ2n) is 5.58. The molecule has 2 heterocycles. The summed E-state index contributed by atoms with van der Waals surface area (Å²) in [7, 11) is 0. The molecule has 0 radical (unpaired) electrons. The Hall–Kier alpha value is -0.120. The van der Waals surface area contributed by atoms with Gasteiger partial charge >= 0.3 is 0 Å². The van der Waals surface area contributed by atoms with Crippen molar-refractivity contribution >= 4 is 0 Å². The van der Waals surface area contributed by atoms with E-state index >= 15 is 0 Å². The van der Waals surface area contributed by atoms with Crippen molar-refractivity contribution in [3.05, 3.63) is 0 Å². The van der Waals surface area contributed by atoms with Crippen LogP contribution in [0.25, 0.3) is 0 Å². The van der Waals surface area contributed by atoms with E-state index in [4.69, 9.17) is 5.73 Å². The third kappa shape index (κ3) is 2.58. The smallest absolute Gasteiger partial charge is 0.0235 e.